The Bertz CT molecular complexity index is 330. The van der Waals surface area contributed by atoms with Gasteiger partial charge in [-0.15, -0.1) is 0 Å². The predicted octanol–water partition coefficient (Wildman–Crippen LogP) is 2.32. The average molecular weight is 218 g/mol. The molecule has 1 unspecified atom stereocenters. The zero-order valence-corrected chi connectivity index (χ0v) is 8.68. The molecular weight excluding hydrogens is 205 g/mol. The highest BCUT2D eigenvalue weighted by atomic mass is 35.5. The molecule has 0 aliphatic carbocycles. The van der Waals surface area contributed by atoms with E-state index in [9.17, 15) is 9.50 Å². The van der Waals surface area contributed by atoms with Crippen LogP contribution in [0.1, 0.15) is 12.5 Å². The molecule has 4 heteroatoms. The lowest BCUT2D eigenvalue weighted by molar-refractivity contribution is 0.457. The van der Waals surface area contributed by atoms with Crippen LogP contribution in [0.2, 0.25) is 5.02 Å². The number of halogens is 2. The first-order valence-corrected chi connectivity index (χ1v) is 4.80. The number of hydrogen-bond donors (Lipinski definition) is 2. The van der Waals surface area contributed by atoms with E-state index in [4.69, 9.17) is 17.3 Å². The van der Waals surface area contributed by atoms with Crippen molar-refractivity contribution in [2.75, 3.05) is 6.54 Å². The fraction of sp³-hybridized carbons (Fsp3) is 0.400. The van der Waals surface area contributed by atoms with Crippen molar-refractivity contribution in [2.24, 2.45) is 11.7 Å². The van der Waals surface area contributed by atoms with E-state index in [1.165, 1.54) is 6.07 Å². The van der Waals surface area contributed by atoms with Crippen LogP contribution in [0.4, 0.5) is 4.39 Å². The fourth-order valence-corrected chi connectivity index (χ4v) is 1.45. The van der Waals surface area contributed by atoms with Gasteiger partial charge >= 0.3 is 0 Å². The van der Waals surface area contributed by atoms with Crippen LogP contribution in [0.25, 0.3) is 0 Å². The molecule has 0 bridgehead atoms. The summed E-state index contributed by atoms with van der Waals surface area (Å²) < 4.78 is 13.0. The van der Waals surface area contributed by atoms with E-state index in [-0.39, 0.29) is 16.7 Å². The highest BCUT2D eigenvalue weighted by Gasteiger charge is 2.13. The Kier molecular flexibility index (Phi) is 3.72. The molecule has 0 aliphatic heterocycles. The van der Waals surface area contributed by atoms with Crippen molar-refractivity contribution in [1.29, 1.82) is 0 Å². The Hall–Kier alpha value is -0.800. The van der Waals surface area contributed by atoms with Crippen molar-refractivity contribution in [3.8, 4) is 5.75 Å². The predicted molar refractivity (Wildman–Crippen MR) is 55.0 cm³/mol. The fourth-order valence-electron chi connectivity index (χ4n) is 1.21. The summed E-state index contributed by atoms with van der Waals surface area (Å²) in [6.07, 6.45) is 0.485. The molecule has 1 rings (SSSR count). The van der Waals surface area contributed by atoms with Crippen molar-refractivity contribution in [3.05, 3.63) is 28.5 Å². The summed E-state index contributed by atoms with van der Waals surface area (Å²) in [5.41, 5.74) is 5.87. The minimum Gasteiger partial charge on any atom is -0.508 e. The summed E-state index contributed by atoms with van der Waals surface area (Å²) in [4.78, 5) is 0. The van der Waals surface area contributed by atoms with Gasteiger partial charge < -0.3 is 10.8 Å². The summed E-state index contributed by atoms with van der Waals surface area (Å²) in [5, 5.41) is 9.46. The van der Waals surface area contributed by atoms with Gasteiger partial charge in [0.2, 0.25) is 0 Å². The molecule has 2 nitrogen and oxygen atoms in total. The number of phenolic OH excluding ortho intramolecular Hbond substituents is 1. The van der Waals surface area contributed by atoms with Gasteiger partial charge in [0.15, 0.2) is 0 Å². The third kappa shape index (κ3) is 2.36. The first-order valence-electron chi connectivity index (χ1n) is 4.42. The number of aromatic hydroxyl groups is 1. The lowest BCUT2D eigenvalue weighted by Crippen LogP contribution is -2.13. The maximum Gasteiger partial charge on any atom is 0.142 e. The Morgan fingerprint density at radius 2 is 2.21 bits per heavy atom. The zero-order valence-electron chi connectivity index (χ0n) is 7.93. The number of hydrogen-bond acceptors (Lipinski definition) is 2. The van der Waals surface area contributed by atoms with Crippen molar-refractivity contribution < 1.29 is 9.50 Å². The molecule has 0 saturated heterocycles. The number of benzene rings is 1. The molecule has 3 N–H and O–H groups in total. The summed E-state index contributed by atoms with van der Waals surface area (Å²) in [5.74, 6) is -0.319. The third-order valence-corrected chi connectivity index (χ3v) is 2.53. The van der Waals surface area contributed by atoms with E-state index in [1.807, 2.05) is 6.92 Å². The smallest absolute Gasteiger partial charge is 0.142 e. The normalized spacial score (nSPS) is 12.9. The molecule has 0 fully saturated rings. The van der Waals surface area contributed by atoms with E-state index in [2.05, 4.69) is 0 Å². The van der Waals surface area contributed by atoms with E-state index in [0.29, 0.717) is 18.5 Å². The topological polar surface area (TPSA) is 46.2 Å². The second kappa shape index (κ2) is 4.62. The van der Waals surface area contributed by atoms with Crippen LogP contribution in [-0.2, 0) is 6.42 Å². The standard InChI is InChI=1S/C10H13ClFNO/c1-6(5-13)4-7-9(14)3-2-8(12)10(7)11/h2-3,6,14H,4-5,13H2,1H3. The summed E-state index contributed by atoms with van der Waals surface area (Å²) in [6, 6.07) is 2.45. The van der Waals surface area contributed by atoms with Crippen molar-refractivity contribution in [2.45, 2.75) is 13.3 Å². The highest BCUT2D eigenvalue weighted by Crippen LogP contribution is 2.30. The molecule has 0 spiro atoms. The van der Waals surface area contributed by atoms with E-state index in [1.54, 1.807) is 0 Å². The second-order valence-electron chi connectivity index (χ2n) is 3.40. The molecule has 0 aromatic heterocycles. The van der Waals surface area contributed by atoms with Crippen LogP contribution in [-0.4, -0.2) is 11.7 Å². The Morgan fingerprint density at radius 1 is 1.57 bits per heavy atom. The molecule has 0 aliphatic rings. The largest absolute Gasteiger partial charge is 0.508 e. The lowest BCUT2D eigenvalue weighted by atomic mass is 10.0. The summed E-state index contributed by atoms with van der Waals surface area (Å²) >= 11 is 5.72. The molecule has 0 saturated carbocycles. The number of rotatable bonds is 3. The quantitative estimate of drug-likeness (QED) is 0.816. The maximum absolute atomic E-state index is 13.0. The molecule has 1 aromatic carbocycles. The van der Waals surface area contributed by atoms with Gasteiger partial charge in [0.05, 0.1) is 5.02 Å². The van der Waals surface area contributed by atoms with E-state index < -0.39 is 5.82 Å². The molecule has 1 atom stereocenters. The SMILES string of the molecule is CC(CN)Cc1c(O)ccc(F)c1Cl. The second-order valence-corrected chi connectivity index (χ2v) is 3.78. The zero-order chi connectivity index (χ0) is 10.7. The van der Waals surface area contributed by atoms with Crippen molar-refractivity contribution in [3.63, 3.8) is 0 Å². The minimum absolute atomic E-state index is 0.00898. The first-order chi connectivity index (χ1) is 6.56. The van der Waals surface area contributed by atoms with Gasteiger partial charge in [0.25, 0.3) is 0 Å². The monoisotopic (exact) mass is 217 g/mol. The molecule has 0 radical (unpaired) electrons. The van der Waals surface area contributed by atoms with Crippen molar-refractivity contribution in [1.82, 2.24) is 0 Å². The molecule has 14 heavy (non-hydrogen) atoms. The molecule has 1 aromatic rings. The first kappa shape index (κ1) is 11.3. The molecular formula is C10H13ClFNO. The van der Waals surface area contributed by atoms with Gasteiger partial charge in [0.1, 0.15) is 11.6 Å². The van der Waals surface area contributed by atoms with E-state index in [0.717, 1.165) is 6.07 Å². The van der Waals surface area contributed by atoms with Crippen molar-refractivity contribution >= 4 is 11.6 Å². The summed E-state index contributed by atoms with van der Waals surface area (Å²) in [6.45, 7) is 2.40. The molecule has 0 heterocycles. The van der Waals surface area contributed by atoms with Gasteiger partial charge in [-0.05, 0) is 31.0 Å². The number of nitrogens with two attached hydrogens (primary N) is 1. The summed E-state index contributed by atoms with van der Waals surface area (Å²) in [7, 11) is 0. The highest BCUT2D eigenvalue weighted by molar-refractivity contribution is 6.31. The Balaban J connectivity index is 3.00. The van der Waals surface area contributed by atoms with Crippen LogP contribution in [0, 0.1) is 11.7 Å². The van der Waals surface area contributed by atoms with Crippen LogP contribution in [0.15, 0.2) is 12.1 Å². The Morgan fingerprint density at radius 3 is 2.79 bits per heavy atom. The molecule has 0 amide bonds. The van der Waals surface area contributed by atoms with Gasteiger partial charge in [0, 0.05) is 5.56 Å². The molecule has 78 valence electrons. The number of phenols is 1. The van der Waals surface area contributed by atoms with Crippen LogP contribution >= 0.6 is 11.6 Å². The minimum atomic E-state index is -0.510. The average Bonchev–Trinajstić information content (AvgIpc) is 2.18. The van der Waals surface area contributed by atoms with Crippen LogP contribution < -0.4 is 5.73 Å². The third-order valence-electron chi connectivity index (χ3n) is 2.13. The lowest BCUT2D eigenvalue weighted by Gasteiger charge is -2.11. The van der Waals surface area contributed by atoms with Crippen LogP contribution in [0.5, 0.6) is 5.75 Å². The van der Waals surface area contributed by atoms with Gasteiger partial charge in [-0.1, -0.05) is 18.5 Å². The van der Waals surface area contributed by atoms with Gasteiger partial charge in [-0.2, -0.15) is 0 Å². The van der Waals surface area contributed by atoms with Gasteiger partial charge in [-0.25, -0.2) is 4.39 Å². The Labute approximate surface area is 87.5 Å². The van der Waals surface area contributed by atoms with Gasteiger partial charge in [-0.3, -0.25) is 0 Å². The van der Waals surface area contributed by atoms with Crippen LogP contribution in [0.3, 0.4) is 0 Å². The van der Waals surface area contributed by atoms with E-state index >= 15 is 0 Å². The maximum atomic E-state index is 13.0.